The maximum absolute atomic E-state index is 12.1. The Balaban J connectivity index is 1.72. The van der Waals surface area contributed by atoms with Gasteiger partial charge in [0.05, 0.1) is 24.9 Å². The highest BCUT2D eigenvalue weighted by Crippen LogP contribution is 2.15. The quantitative estimate of drug-likeness (QED) is 0.794. The van der Waals surface area contributed by atoms with Crippen LogP contribution >= 0.6 is 0 Å². The zero-order chi connectivity index (χ0) is 16.2. The summed E-state index contributed by atoms with van der Waals surface area (Å²) in [6.07, 6.45) is 0. The van der Waals surface area contributed by atoms with Crippen LogP contribution < -0.4 is 16.0 Å². The molecule has 1 aliphatic heterocycles. The minimum atomic E-state index is -0.137. The van der Waals surface area contributed by atoms with E-state index in [9.17, 15) is 4.79 Å². The number of hydrogen-bond acceptors (Lipinski definition) is 5. The van der Waals surface area contributed by atoms with Gasteiger partial charge in [-0.05, 0) is 38.1 Å². The Morgan fingerprint density at radius 3 is 2.73 bits per heavy atom. The van der Waals surface area contributed by atoms with E-state index in [0.717, 1.165) is 12.2 Å². The smallest absolute Gasteiger partial charge is 0.252 e. The van der Waals surface area contributed by atoms with Gasteiger partial charge in [0, 0.05) is 25.0 Å². The van der Waals surface area contributed by atoms with Gasteiger partial charge in [-0.2, -0.15) is 0 Å². The number of nitrogens with two attached hydrogens (primary N) is 1. The van der Waals surface area contributed by atoms with Gasteiger partial charge >= 0.3 is 0 Å². The van der Waals surface area contributed by atoms with Gasteiger partial charge in [-0.3, -0.25) is 4.79 Å². The second-order valence-electron chi connectivity index (χ2n) is 6.21. The van der Waals surface area contributed by atoms with Crippen LogP contribution in [0.1, 0.15) is 13.8 Å². The Bertz CT molecular complexity index is 492. The molecule has 3 N–H and O–H groups in total. The van der Waals surface area contributed by atoms with Gasteiger partial charge in [-0.1, -0.05) is 0 Å². The third-order valence-electron chi connectivity index (χ3n) is 3.69. The summed E-state index contributed by atoms with van der Waals surface area (Å²) in [6, 6.07) is 7.29. The monoisotopic (exact) mass is 307 g/mol. The summed E-state index contributed by atoms with van der Waals surface area (Å²) in [5.74, 6) is -0.0955. The Morgan fingerprint density at radius 2 is 2.14 bits per heavy atom. The van der Waals surface area contributed by atoms with E-state index < -0.39 is 0 Å². The van der Waals surface area contributed by atoms with Crippen LogP contribution in [0.3, 0.4) is 0 Å². The summed E-state index contributed by atoms with van der Waals surface area (Å²) in [4.78, 5) is 13.7. The molecule has 1 fully saturated rings. The molecule has 1 saturated heterocycles. The molecule has 0 aliphatic carbocycles. The average Bonchev–Trinajstić information content (AvgIpc) is 2.49. The number of rotatable bonds is 5. The molecule has 22 heavy (non-hydrogen) atoms. The second-order valence-corrected chi connectivity index (χ2v) is 6.21. The molecular weight excluding hydrogens is 282 g/mol. The third-order valence-corrected chi connectivity index (χ3v) is 3.69. The number of carbonyl (C=O) groups is 1. The van der Waals surface area contributed by atoms with Crippen LogP contribution in [-0.2, 0) is 14.3 Å². The normalized spacial score (nSPS) is 20.6. The molecule has 6 nitrogen and oxygen atoms in total. The first-order chi connectivity index (χ1) is 10.4. The summed E-state index contributed by atoms with van der Waals surface area (Å²) < 4.78 is 11.2. The number of benzene rings is 1. The number of hydrogen-bond donors (Lipinski definition) is 2. The maximum Gasteiger partial charge on any atom is 0.252 e. The van der Waals surface area contributed by atoms with Gasteiger partial charge in [0.25, 0.3) is 5.91 Å². The van der Waals surface area contributed by atoms with Crippen molar-refractivity contribution in [3.8, 4) is 0 Å². The molecule has 6 heteroatoms. The van der Waals surface area contributed by atoms with Crippen LogP contribution in [0.5, 0.6) is 0 Å². The summed E-state index contributed by atoms with van der Waals surface area (Å²) in [5, 5.41) is 3.36. The number of likely N-dealkylation sites (N-methyl/N-ethyl adjacent to an activating group) is 1. The number of nitrogens with zero attached hydrogens (tertiary/aromatic N) is 1. The molecular formula is C16H25N3O3. The molecule has 1 aromatic rings. The minimum Gasteiger partial charge on any atom is -0.399 e. The topological polar surface area (TPSA) is 76.8 Å². The first-order valence-electron chi connectivity index (χ1n) is 7.44. The Morgan fingerprint density at radius 1 is 1.45 bits per heavy atom. The highest BCUT2D eigenvalue weighted by atomic mass is 16.5. The lowest BCUT2D eigenvalue weighted by atomic mass is 10.1. The van der Waals surface area contributed by atoms with Crippen molar-refractivity contribution in [1.82, 2.24) is 5.32 Å². The Hall–Kier alpha value is -1.63. The van der Waals surface area contributed by atoms with Crippen LogP contribution in [0.4, 0.5) is 11.4 Å². The Kier molecular flexibility index (Phi) is 5.39. The van der Waals surface area contributed by atoms with Crippen LogP contribution in [0, 0.1) is 0 Å². The van der Waals surface area contributed by atoms with Crippen molar-refractivity contribution in [3.63, 3.8) is 0 Å². The van der Waals surface area contributed by atoms with Crippen LogP contribution in [0.25, 0.3) is 0 Å². The van der Waals surface area contributed by atoms with Crippen molar-refractivity contribution in [2.24, 2.45) is 0 Å². The second kappa shape index (κ2) is 7.09. The maximum atomic E-state index is 12.1. The molecule has 0 bridgehead atoms. The number of carbonyl (C=O) groups excluding carboxylic acids is 1. The zero-order valence-electron chi connectivity index (χ0n) is 13.5. The molecule has 2 rings (SSSR count). The van der Waals surface area contributed by atoms with Crippen molar-refractivity contribution in [1.29, 1.82) is 0 Å². The van der Waals surface area contributed by atoms with Crippen molar-refractivity contribution in [2.45, 2.75) is 25.5 Å². The molecule has 1 atom stereocenters. The highest BCUT2D eigenvalue weighted by molar-refractivity contribution is 5.93. The lowest BCUT2D eigenvalue weighted by molar-refractivity contribution is -0.124. The van der Waals surface area contributed by atoms with Crippen LogP contribution in [0.2, 0.25) is 0 Å². The van der Waals surface area contributed by atoms with E-state index in [1.54, 1.807) is 24.1 Å². The zero-order valence-corrected chi connectivity index (χ0v) is 13.5. The first-order valence-corrected chi connectivity index (χ1v) is 7.44. The lowest BCUT2D eigenvalue weighted by Gasteiger charge is -2.35. The molecule has 1 aliphatic rings. The van der Waals surface area contributed by atoms with Gasteiger partial charge in [0.2, 0.25) is 0 Å². The molecule has 0 spiro atoms. The van der Waals surface area contributed by atoms with Crippen molar-refractivity contribution >= 4 is 17.3 Å². The van der Waals surface area contributed by atoms with Crippen LogP contribution in [0.15, 0.2) is 24.3 Å². The van der Waals surface area contributed by atoms with E-state index in [2.05, 4.69) is 5.32 Å². The minimum absolute atomic E-state index is 0.0441. The van der Waals surface area contributed by atoms with Crippen molar-refractivity contribution in [2.75, 3.05) is 44.0 Å². The molecule has 1 heterocycles. The highest BCUT2D eigenvalue weighted by Gasteiger charge is 2.27. The molecule has 1 aromatic carbocycles. The van der Waals surface area contributed by atoms with Crippen LogP contribution in [-0.4, -0.2) is 51.0 Å². The predicted molar refractivity (Wildman–Crippen MR) is 86.9 cm³/mol. The fourth-order valence-corrected chi connectivity index (χ4v) is 2.16. The van der Waals surface area contributed by atoms with Gasteiger partial charge in [-0.15, -0.1) is 0 Å². The summed E-state index contributed by atoms with van der Waals surface area (Å²) in [6.45, 7) is 5.96. The fraction of sp³-hybridized carbons (Fsp3) is 0.562. The van der Waals surface area contributed by atoms with E-state index in [1.807, 2.05) is 26.0 Å². The standard InChI is InChI=1S/C16H25N3O3/c1-16(2)11-18-13(9-22-16)8-21-10-15(20)19(3)14-6-4-12(17)5-7-14/h4-7,13,18H,8-11,17H2,1-3H3/t13-/m1/s1. The number of ether oxygens (including phenoxy) is 2. The summed E-state index contributed by atoms with van der Waals surface area (Å²) >= 11 is 0. The largest absolute Gasteiger partial charge is 0.399 e. The predicted octanol–water partition coefficient (Wildman–Crippen LogP) is 1.02. The molecule has 0 saturated carbocycles. The van der Waals surface area contributed by atoms with E-state index >= 15 is 0 Å². The van der Waals surface area contributed by atoms with Gasteiger partial charge in [-0.25, -0.2) is 0 Å². The van der Waals surface area contributed by atoms with Gasteiger partial charge in [0.1, 0.15) is 6.61 Å². The van der Waals surface area contributed by atoms with Gasteiger partial charge in [0.15, 0.2) is 0 Å². The number of nitrogen functional groups attached to an aromatic ring is 1. The van der Waals surface area contributed by atoms with E-state index in [1.165, 1.54) is 0 Å². The number of amides is 1. The molecule has 0 unspecified atom stereocenters. The first kappa shape index (κ1) is 16.7. The van der Waals surface area contributed by atoms with E-state index in [-0.39, 0.29) is 24.2 Å². The molecule has 0 radical (unpaired) electrons. The van der Waals surface area contributed by atoms with Gasteiger partial charge < -0.3 is 25.4 Å². The van der Waals surface area contributed by atoms with E-state index in [0.29, 0.717) is 18.9 Å². The fourth-order valence-electron chi connectivity index (χ4n) is 2.16. The summed E-state index contributed by atoms with van der Waals surface area (Å²) in [5.41, 5.74) is 6.97. The van der Waals surface area contributed by atoms with Crippen molar-refractivity contribution in [3.05, 3.63) is 24.3 Å². The average molecular weight is 307 g/mol. The Labute approximate surface area is 131 Å². The number of nitrogens with one attached hydrogen (secondary N) is 1. The SMILES string of the molecule is CN(C(=O)COC[C@@H]1COC(C)(C)CN1)c1ccc(N)cc1. The number of morpholine rings is 1. The van der Waals surface area contributed by atoms with E-state index in [4.69, 9.17) is 15.2 Å². The molecule has 0 aromatic heterocycles. The summed E-state index contributed by atoms with van der Waals surface area (Å²) in [7, 11) is 1.72. The molecule has 1 amide bonds. The third kappa shape index (κ3) is 4.69. The molecule has 122 valence electrons. The lowest BCUT2D eigenvalue weighted by Crippen LogP contribution is -2.53. The number of anilines is 2. The van der Waals surface area contributed by atoms with Crippen molar-refractivity contribution < 1.29 is 14.3 Å².